The van der Waals surface area contributed by atoms with E-state index in [1.807, 2.05) is 20.8 Å². The van der Waals surface area contributed by atoms with E-state index in [9.17, 15) is 8.78 Å². The maximum absolute atomic E-state index is 13.8. The molecule has 0 aliphatic carbocycles. The zero-order valence-corrected chi connectivity index (χ0v) is 9.83. The molecule has 0 spiro atoms. The minimum absolute atomic E-state index is 0.388. The molecule has 0 aromatic carbocycles. The molecule has 2 heteroatoms. The van der Waals surface area contributed by atoms with Gasteiger partial charge in [-0.2, -0.15) is 0 Å². The molecular formula is C11H22F2. The minimum atomic E-state index is -2.62. The van der Waals surface area contributed by atoms with Gasteiger partial charge in [-0.05, 0) is 5.41 Å². The summed E-state index contributed by atoms with van der Waals surface area (Å²) in [5.74, 6) is -3.23. The zero-order chi connectivity index (χ0) is 11.1. The van der Waals surface area contributed by atoms with Crippen LogP contribution >= 0.6 is 0 Å². The Morgan fingerprint density at radius 1 is 0.846 bits per heavy atom. The molecule has 0 aromatic heterocycles. The Morgan fingerprint density at radius 2 is 1.15 bits per heavy atom. The molecule has 0 atom stereocenters. The molecule has 0 heterocycles. The van der Waals surface area contributed by atoms with Crippen LogP contribution in [0.15, 0.2) is 0 Å². The molecule has 0 N–H and O–H groups in total. The zero-order valence-electron chi connectivity index (χ0n) is 9.83. The van der Waals surface area contributed by atoms with E-state index in [1.165, 1.54) is 0 Å². The Bertz CT molecular complexity index is 173. The summed E-state index contributed by atoms with van der Waals surface area (Å²) >= 11 is 0. The van der Waals surface area contributed by atoms with Gasteiger partial charge in [0.15, 0.2) is 0 Å². The quantitative estimate of drug-likeness (QED) is 0.610. The van der Waals surface area contributed by atoms with Gasteiger partial charge < -0.3 is 0 Å². The number of hydrogen-bond donors (Lipinski definition) is 0. The van der Waals surface area contributed by atoms with Crippen molar-refractivity contribution in [3.63, 3.8) is 0 Å². The molecule has 0 radical (unpaired) electrons. The maximum atomic E-state index is 13.8. The van der Waals surface area contributed by atoms with Gasteiger partial charge in [-0.3, -0.25) is 0 Å². The van der Waals surface area contributed by atoms with Crippen molar-refractivity contribution in [2.45, 2.75) is 54.4 Å². The van der Waals surface area contributed by atoms with Crippen LogP contribution < -0.4 is 0 Å². The first-order chi connectivity index (χ1) is 5.44. The average molecular weight is 192 g/mol. The highest BCUT2D eigenvalue weighted by molar-refractivity contribution is 4.95. The fourth-order valence-electron chi connectivity index (χ4n) is 1.22. The monoisotopic (exact) mass is 192 g/mol. The molecule has 0 saturated carbocycles. The van der Waals surface area contributed by atoms with Crippen molar-refractivity contribution in [1.82, 2.24) is 0 Å². The first-order valence-corrected chi connectivity index (χ1v) is 4.82. The van der Waals surface area contributed by atoms with E-state index in [0.29, 0.717) is 0 Å². The van der Waals surface area contributed by atoms with Crippen molar-refractivity contribution in [3.05, 3.63) is 0 Å². The molecule has 0 aromatic rings. The SMILES string of the molecule is CC(C)C(F)(F)C(C)(C)C(C)(C)C. The largest absolute Gasteiger partial charge is 0.255 e. The van der Waals surface area contributed by atoms with Gasteiger partial charge >= 0.3 is 0 Å². The van der Waals surface area contributed by atoms with Gasteiger partial charge in [0, 0.05) is 11.3 Å². The Hall–Kier alpha value is -0.140. The maximum Gasteiger partial charge on any atom is 0.255 e. The second-order valence-corrected chi connectivity index (χ2v) is 5.65. The lowest BCUT2D eigenvalue weighted by Crippen LogP contribution is -2.49. The van der Waals surface area contributed by atoms with Crippen molar-refractivity contribution < 1.29 is 8.78 Å². The number of halogens is 2. The molecule has 13 heavy (non-hydrogen) atoms. The highest BCUT2D eigenvalue weighted by atomic mass is 19.3. The topological polar surface area (TPSA) is 0 Å². The van der Waals surface area contributed by atoms with E-state index < -0.39 is 17.3 Å². The lowest BCUT2D eigenvalue weighted by atomic mass is 9.63. The van der Waals surface area contributed by atoms with Crippen LogP contribution in [0.1, 0.15) is 48.5 Å². The normalized spacial score (nSPS) is 15.2. The van der Waals surface area contributed by atoms with E-state index in [4.69, 9.17) is 0 Å². The van der Waals surface area contributed by atoms with Gasteiger partial charge in [-0.15, -0.1) is 0 Å². The van der Waals surface area contributed by atoms with Crippen molar-refractivity contribution in [2.24, 2.45) is 16.7 Å². The van der Waals surface area contributed by atoms with Crippen LogP contribution in [0.3, 0.4) is 0 Å². The fourth-order valence-corrected chi connectivity index (χ4v) is 1.22. The second kappa shape index (κ2) is 3.21. The lowest BCUT2D eigenvalue weighted by molar-refractivity contribution is -0.181. The molecule has 80 valence electrons. The third-order valence-electron chi connectivity index (χ3n) is 3.43. The van der Waals surface area contributed by atoms with E-state index >= 15 is 0 Å². The summed E-state index contributed by atoms with van der Waals surface area (Å²) in [5, 5.41) is 0. The van der Waals surface area contributed by atoms with Gasteiger partial charge in [-0.1, -0.05) is 48.5 Å². The molecule has 0 nitrogen and oxygen atoms in total. The molecule has 0 saturated heterocycles. The van der Waals surface area contributed by atoms with Crippen LogP contribution in [0.5, 0.6) is 0 Å². The first kappa shape index (κ1) is 12.9. The van der Waals surface area contributed by atoms with Crippen LogP contribution in [-0.2, 0) is 0 Å². The van der Waals surface area contributed by atoms with Crippen LogP contribution in [0.2, 0.25) is 0 Å². The highest BCUT2D eigenvalue weighted by Crippen LogP contribution is 2.52. The van der Waals surface area contributed by atoms with Gasteiger partial charge in [0.25, 0.3) is 5.92 Å². The summed E-state index contributed by atoms with van der Waals surface area (Å²) < 4.78 is 27.6. The summed E-state index contributed by atoms with van der Waals surface area (Å²) in [6, 6.07) is 0. The highest BCUT2D eigenvalue weighted by Gasteiger charge is 2.54. The molecule has 0 bridgehead atoms. The van der Waals surface area contributed by atoms with E-state index in [-0.39, 0.29) is 5.41 Å². The average Bonchev–Trinajstić information content (AvgIpc) is 1.84. The summed E-state index contributed by atoms with van der Waals surface area (Å²) in [6.45, 7) is 12.0. The predicted molar refractivity (Wildman–Crippen MR) is 53.0 cm³/mol. The summed E-state index contributed by atoms with van der Waals surface area (Å²) in [5.41, 5.74) is -1.37. The lowest BCUT2D eigenvalue weighted by Gasteiger charge is -2.46. The van der Waals surface area contributed by atoms with Crippen LogP contribution in [0.25, 0.3) is 0 Å². The number of rotatable bonds is 2. The van der Waals surface area contributed by atoms with Gasteiger partial charge in [0.1, 0.15) is 0 Å². The summed E-state index contributed by atoms with van der Waals surface area (Å²) in [4.78, 5) is 0. The molecule has 0 amide bonds. The molecule has 0 aliphatic heterocycles. The van der Waals surface area contributed by atoms with Gasteiger partial charge in [0.2, 0.25) is 0 Å². The van der Waals surface area contributed by atoms with E-state index in [1.54, 1.807) is 27.7 Å². The van der Waals surface area contributed by atoms with Crippen LogP contribution in [-0.4, -0.2) is 5.92 Å². The predicted octanol–water partition coefficient (Wildman–Crippen LogP) is 4.35. The minimum Gasteiger partial charge on any atom is -0.206 e. The van der Waals surface area contributed by atoms with Gasteiger partial charge in [0.05, 0.1) is 0 Å². The molecule has 0 aliphatic rings. The van der Waals surface area contributed by atoms with E-state index in [0.717, 1.165) is 0 Å². The summed E-state index contributed by atoms with van der Waals surface area (Å²) in [7, 11) is 0. The molecule has 0 unspecified atom stereocenters. The van der Waals surface area contributed by atoms with Crippen LogP contribution in [0.4, 0.5) is 8.78 Å². The van der Waals surface area contributed by atoms with Crippen molar-refractivity contribution in [2.75, 3.05) is 0 Å². The van der Waals surface area contributed by atoms with Crippen molar-refractivity contribution in [1.29, 1.82) is 0 Å². The fraction of sp³-hybridized carbons (Fsp3) is 1.00. The number of hydrogen-bond acceptors (Lipinski definition) is 0. The third kappa shape index (κ3) is 2.03. The number of alkyl halides is 2. The molecular weight excluding hydrogens is 170 g/mol. The molecule has 0 rings (SSSR count). The standard InChI is InChI=1S/C11H22F2/c1-8(2)11(12,13)10(6,7)9(3,4)5/h8H,1-7H3. The van der Waals surface area contributed by atoms with E-state index in [2.05, 4.69) is 0 Å². The Balaban J connectivity index is 5.04. The third-order valence-corrected chi connectivity index (χ3v) is 3.43. The van der Waals surface area contributed by atoms with Crippen molar-refractivity contribution >= 4 is 0 Å². The Morgan fingerprint density at radius 3 is 1.23 bits per heavy atom. The van der Waals surface area contributed by atoms with Crippen molar-refractivity contribution in [3.8, 4) is 0 Å². The first-order valence-electron chi connectivity index (χ1n) is 4.82. The van der Waals surface area contributed by atoms with Crippen LogP contribution in [0, 0.1) is 16.7 Å². The van der Waals surface area contributed by atoms with Gasteiger partial charge in [-0.25, -0.2) is 8.78 Å². The Labute approximate surface area is 80.7 Å². The summed E-state index contributed by atoms with van der Waals surface area (Å²) in [6.07, 6.45) is 0. The second-order valence-electron chi connectivity index (χ2n) is 5.65. The smallest absolute Gasteiger partial charge is 0.206 e. The molecule has 0 fully saturated rings. The Kier molecular flexibility index (Phi) is 3.18.